The van der Waals surface area contributed by atoms with E-state index in [1.165, 1.54) is 32.1 Å². The third-order valence-electron chi connectivity index (χ3n) is 4.64. The first-order valence-corrected chi connectivity index (χ1v) is 5.45. The molecule has 2 bridgehead atoms. The Balaban J connectivity index is 2.06. The summed E-state index contributed by atoms with van der Waals surface area (Å²) in [4.78, 5) is 11.6. The van der Waals surface area contributed by atoms with Gasteiger partial charge in [-0.15, -0.1) is 0 Å². The van der Waals surface area contributed by atoms with Crippen LogP contribution in [0.5, 0.6) is 0 Å². The molecule has 3 unspecified atom stereocenters. The van der Waals surface area contributed by atoms with Gasteiger partial charge < -0.3 is 0 Å². The van der Waals surface area contributed by atoms with Crippen LogP contribution in [0.4, 0.5) is 0 Å². The molecule has 3 atom stereocenters. The molecule has 0 saturated heterocycles. The van der Waals surface area contributed by atoms with E-state index in [9.17, 15) is 4.79 Å². The van der Waals surface area contributed by atoms with Gasteiger partial charge in [0.25, 0.3) is 0 Å². The van der Waals surface area contributed by atoms with E-state index in [0.717, 1.165) is 17.9 Å². The van der Waals surface area contributed by atoms with Gasteiger partial charge in [0.1, 0.15) is 0 Å². The normalized spacial score (nSPS) is 48.3. The fourth-order valence-corrected chi connectivity index (χ4v) is 4.15. The number of carbonyl (C=O) groups excluding carboxylic acids is 1. The molecular formula is C12H16O. The summed E-state index contributed by atoms with van der Waals surface area (Å²) >= 11 is 0. The Hall–Kier alpha value is -0.590. The number of rotatable bonds is 0. The zero-order valence-corrected chi connectivity index (χ0v) is 8.01. The standard InChI is InChI=1S/C12H16O/c1-8-10(13)7-12-5-2-3-9(4-6-12)11(8)12/h9,11H,1-7H2. The minimum Gasteiger partial charge on any atom is -0.295 e. The first kappa shape index (κ1) is 7.78. The van der Waals surface area contributed by atoms with E-state index in [1.807, 2.05) is 0 Å². The molecule has 3 saturated carbocycles. The van der Waals surface area contributed by atoms with Crippen molar-refractivity contribution in [3.63, 3.8) is 0 Å². The van der Waals surface area contributed by atoms with E-state index in [4.69, 9.17) is 0 Å². The predicted octanol–water partition coefficient (Wildman–Crippen LogP) is 2.71. The fraction of sp³-hybridized carbons (Fsp3) is 0.750. The number of carbonyl (C=O) groups is 1. The summed E-state index contributed by atoms with van der Waals surface area (Å²) in [6.07, 6.45) is 7.47. The lowest BCUT2D eigenvalue weighted by Crippen LogP contribution is -2.27. The second-order valence-corrected chi connectivity index (χ2v) is 5.16. The number of ketones is 1. The summed E-state index contributed by atoms with van der Waals surface area (Å²) in [6, 6.07) is 0. The topological polar surface area (TPSA) is 17.1 Å². The lowest BCUT2D eigenvalue weighted by molar-refractivity contribution is -0.115. The van der Waals surface area contributed by atoms with Crippen molar-refractivity contribution in [3.05, 3.63) is 12.2 Å². The fourth-order valence-electron chi connectivity index (χ4n) is 4.15. The van der Waals surface area contributed by atoms with Crippen molar-refractivity contribution in [2.45, 2.75) is 38.5 Å². The van der Waals surface area contributed by atoms with Crippen LogP contribution in [0.3, 0.4) is 0 Å². The average Bonchev–Trinajstić information content (AvgIpc) is 2.47. The third kappa shape index (κ3) is 0.806. The molecule has 3 rings (SSSR count). The SMILES string of the molecule is C=C1C(=O)CC23CCCC(CC2)C13. The zero-order valence-electron chi connectivity index (χ0n) is 8.01. The molecule has 70 valence electrons. The van der Waals surface area contributed by atoms with Crippen LogP contribution in [0.25, 0.3) is 0 Å². The average molecular weight is 176 g/mol. The summed E-state index contributed by atoms with van der Waals surface area (Å²) in [7, 11) is 0. The molecule has 0 aliphatic heterocycles. The van der Waals surface area contributed by atoms with Crippen LogP contribution in [-0.2, 0) is 4.79 Å². The Bertz CT molecular complexity index is 287. The second-order valence-electron chi connectivity index (χ2n) is 5.16. The molecule has 3 fully saturated rings. The Morgan fingerprint density at radius 3 is 2.92 bits per heavy atom. The number of allylic oxidation sites excluding steroid dienone is 1. The van der Waals surface area contributed by atoms with Gasteiger partial charge in [0.05, 0.1) is 0 Å². The van der Waals surface area contributed by atoms with Crippen LogP contribution >= 0.6 is 0 Å². The van der Waals surface area contributed by atoms with Gasteiger partial charge in [-0.25, -0.2) is 0 Å². The van der Waals surface area contributed by atoms with Crippen molar-refractivity contribution in [1.29, 1.82) is 0 Å². The van der Waals surface area contributed by atoms with E-state index in [1.54, 1.807) is 0 Å². The quantitative estimate of drug-likeness (QED) is 0.519. The Labute approximate surface area is 79.2 Å². The van der Waals surface area contributed by atoms with E-state index < -0.39 is 0 Å². The second kappa shape index (κ2) is 2.26. The molecule has 0 N–H and O–H groups in total. The highest BCUT2D eigenvalue weighted by molar-refractivity contribution is 5.98. The Kier molecular flexibility index (Phi) is 1.35. The van der Waals surface area contributed by atoms with Crippen LogP contribution in [0, 0.1) is 17.3 Å². The van der Waals surface area contributed by atoms with Crippen LogP contribution in [0.15, 0.2) is 12.2 Å². The number of hydrogen-bond donors (Lipinski definition) is 0. The molecule has 13 heavy (non-hydrogen) atoms. The molecule has 0 heterocycles. The Morgan fingerprint density at radius 2 is 2.15 bits per heavy atom. The highest BCUT2D eigenvalue weighted by Gasteiger charge is 2.57. The molecule has 0 aromatic rings. The first-order valence-electron chi connectivity index (χ1n) is 5.45. The van der Waals surface area contributed by atoms with Crippen molar-refractivity contribution < 1.29 is 4.79 Å². The monoisotopic (exact) mass is 176 g/mol. The van der Waals surface area contributed by atoms with E-state index >= 15 is 0 Å². The lowest BCUT2D eigenvalue weighted by atomic mass is 9.69. The maximum absolute atomic E-state index is 11.6. The van der Waals surface area contributed by atoms with Crippen molar-refractivity contribution in [2.24, 2.45) is 17.3 Å². The van der Waals surface area contributed by atoms with Gasteiger partial charge >= 0.3 is 0 Å². The van der Waals surface area contributed by atoms with Crippen molar-refractivity contribution in [3.8, 4) is 0 Å². The molecule has 0 aromatic carbocycles. The van der Waals surface area contributed by atoms with Gasteiger partial charge in [0.15, 0.2) is 5.78 Å². The van der Waals surface area contributed by atoms with Gasteiger partial charge in [-0.1, -0.05) is 13.0 Å². The van der Waals surface area contributed by atoms with Crippen molar-refractivity contribution >= 4 is 5.78 Å². The summed E-state index contributed by atoms with van der Waals surface area (Å²) in [5, 5.41) is 0. The molecule has 1 nitrogen and oxygen atoms in total. The lowest BCUT2D eigenvalue weighted by Gasteiger charge is -2.35. The van der Waals surface area contributed by atoms with Gasteiger partial charge in [0, 0.05) is 6.42 Å². The molecule has 0 radical (unpaired) electrons. The minimum atomic E-state index is 0.372. The van der Waals surface area contributed by atoms with Crippen LogP contribution in [0.2, 0.25) is 0 Å². The summed E-state index contributed by atoms with van der Waals surface area (Å²) in [5.41, 5.74) is 1.37. The molecule has 3 aliphatic rings. The highest BCUT2D eigenvalue weighted by atomic mass is 16.1. The van der Waals surface area contributed by atoms with E-state index in [-0.39, 0.29) is 0 Å². The van der Waals surface area contributed by atoms with Gasteiger partial charge in [-0.2, -0.15) is 0 Å². The van der Waals surface area contributed by atoms with Crippen LogP contribution < -0.4 is 0 Å². The largest absolute Gasteiger partial charge is 0.295 e. The van der Waals surface area contributed by atoms with Gasteiger partial charge in [-0.05, 0) is 48.5 Å². The van der Waals surface area contributed by atoms with Crippen LogP contribution in [0.1, 0.15) is 38.5 Å². The maximum Gasteiger partial charge on any atom is 0.159 e. The molecule has 3 aliphatic carbocycles. The molecular weight excluding hydrogens is 160 g/mol. The molecule has 0 amide bonds. The van der Waals surface area contributed by atoms with Crippen LogP contribution in [-0.4, -0.2) is 5.78 Å². The summed E-state index contributed by atoms with van der Waals surface area (Å²) in [5.74, 6) is 1.78. The smallest absolute Gasteiger partial charge is 0.159 e. The van der Waals surface area contributed by atoms with Gasteiger partial charge in [-0.3, -0.25) is 4.79 Å². The minimum absolute atomic E-state index is 0.372. The van der Waals surface area contributed by atoms with E-state index in [2.05, 4.69) is 6.58 Å². The van der Waals surface area contributed by atoms with Crippen molar-refractivity contribution in [1.82, 2.24) is 0 Å². The zero-order chi connectivity index (χ0) is 9.05. The van der Waals surface area contributed by atoms with Crippen molar-refractivity contribution in [2.75, 3.05) is 0 Å². The summed E-state index contributed by atoms with van der Waals surface area (Å²) < 4.78 is 0. The first-order chi connectivity index (χ1) is 6.23. The van der Waals surface area contributed by atoms with E-state index in [0.29, 0.717) is 17.1 Å². The highest BCUT2D eigenvalue weighted by Crippen LogP contribution is 2.63. The van der Waals surface area contributed by atoms with Gasteiger partial charge in [0.2, 0.25) is 0 Å². The molecule has 0 spiro atoms. The summed E-state index contributed by atoms with van der Waals surface area (Å²) in [6.45, 7) is 4.01. The third-order valence-corrected chi connectivity index (χ3v) is 4.64. The molecule has 1 heteroatoms. The maximum atomic E-state index is 11.6. The number of Topliss-reactive ketones (excluding diaryl/α,β-unsaturated/α-hetero) is 1. The Morgan fingerprint density at radius 1 is 1.31 bits per heavy atom. The predicted molar refractivity (Wildman–Crippen MR) is 51.3 cm³/mol. The molecule has 0 aromatic heterocycles. The number of hydrogen-bond acceptors (Lipinski definition) is 1.